The highest BCUT2D eigenvalue weighted by Crippen LogP contribution is 2.29. The zero-order chi connectivity index (χ0) is 23.6. The summed E-state index contributed by atoms with van der Waals surface area (Å²) < 4.78 is 1.92. The van der Waals surface area contributed by atoms with Crippen molar-refractivity contribution < 1.29 is 4.79 Å². The number of amides is 1. The molecule has 6 nitrogen and oxygen atoms in total. The lowest BCUT2D eigenvalue weighted by atomic mass is 10.1. The fraction of sp³-hybridized carbons (Fsp3) is 0. The maximum absolute atomic E-state index is 13.0. The van der Waals surface area contributed by atoms with Gasteiger partial charge in [-0.1, -0.05) is 42.5 Å². The number of hydrogen-bond acceptors (Lipinski definition) is 5. The summed E-state index contributed by atoms with van der Waals surface area (Å²) in [5.41, 5.74) is 6.64. The van der Waals surface area contributed by atoms with Crippen molar-refractivity contribution in [3.8, 4) is 33.1 Å². The zero-order valence-corrected chi connectivity index (χ0v) is 19.3. The van der Waals surface area contributed by atoms with Crippen LogP contribution in [0.25, 0.3) is 38.7 Å². The molecule has 0 radical (unpaired) electrons. The molecule has 1 N–H and O–H groups in total. The van der Waals surface area contributed by atoms with Crippen LogP contribution in [-0.2, 0) is 0 Å². The second kappa shape index (κ2) is 8.96. The molecule has 0 fully saturated rings. The first-order valence-corrected chi connectivity index (χ1v) is 11.9. The maximum atomic E-state index is 13.0. The van der Waals surface area contributed by atoms with Crippen molar-refractivity contribution in [1.82, 2.24) is 19.4 Å². The minimum atomic E-state index is -0.191. The first kappa shape index (κ1) is 20.9. The number of hydrogen-bond donors (Lipinski definition) is 1. The Balaban J connectivity index is 1.22. The Morgan fingerprint density at radius 1 is 0.829 bits per heavy atom. The number of nitrogens with one attached hydrogen (secondary N) is 1. The summed E-state index contributed by atoms with van der Waals surface area (Å²) in [5.74, 6) is -0.191. The molecule has 0 bridgehead atoms. The molecule has 168 valence electrons. The fourth-order valence-corrected chi connectivity index (χ4v) is 4.68. The van der Waals surface area contributed by atoms with Gasteiger partial charge >= 0.3 is 0 Å². The number of fused-ring (bicyclic) bond motifs is 1. The summed E-state index contributed by atoms with van der Waals surface area (Å²) in [6.45, 7) is 0. The van der Waals surface area contributed by atoms with Crippen molar-refractivity contribution in [2.24, 2.45) is 0 Å². The second-order valence-electron chi connectivity index (χ2n) is 7.99. The minimum absolute atomic E-state index is 0.191. The van der Waals surface area contributed by atoms with E-state index < -0.39 is 0 Å². The Bertz CT molecular complexity index is 1640. The summed E-state index contributed by atoms with van der Waals surface area (Å²) in [7, 11) is 0. The number of pyridine rings is 2. The molecule has 2 aromatic carbocycles. The molecule has 4 heterocycles. The van der Waals surface area contributed by atoms with E-state index in [-0.39, 0.29) is 5.91 Å². The monoisotopic (exact) mass is 473 g/mol. The molecule has 35 heavy (non-hydrogen) atoms. The summed E-state index contributed by atoms with van der Waals surface area (Å²) in [6, 6.07) is 25.2. The third-order valence-corrected chi connectivity index (χ3v) is 6.51. The van der Waals surface area contributed by atoms with Crippen molar-refractivity contribution >= 4 is 28.6 Å². The molecule has 7 heteroatoms. The molecule has 4 aromatic heterocycles. The average Bonchev–Trinajstić information content (AvgIpc) is 3.57. The predicted molar refractivity (Wildman–Crippen MR) is 139 cm³/mol. The number of imidazole rings is 1. The summed E-state index contributed by atoms with van der Waals surface area (Å²) in [4.78, 5) is 26.6. The van der Waals surface area contributed by atoms with E-state index >= 15 is 0 Å². The summed E-state index contributed by atoms with van der Waals surface area (Å²) in [5, 5.41) is 5.92. The van der Waals surface area contributed by atoms with Crippen LogP contribution in [0.1, 0.15) is 10.4 Å². The molecule has 6 aromatic rings. The first-order valence-electron chi connectivity index (χ1n) is 11.0. The molecular formula is C28H19N5OS. The van der Waals surface area contributed by atoms with Crippen LogP contribution in [0.15, 0.2) is 109 Å². The summed E-state index contributed by atoms with van der Waals surface area (Å²) >= 11 is 1.57. The highest BCUT2D eigenvalue weighted by Gasteiger charge is 2.12. The van der Waals surface area contributed by atoms with Gasteiger partial charge in [0.2, 0.25) is 0 Å². The number of nitrogens with zero attached hydrogens (tertiary/aromatic N) is 4. The van der Waals surface area contributed by atoms with Crippen LogP contribution < -0.4 is 5.32 Å². The van der Waals surface area contributed by atoms with E-state index in [0.717, 1.165) is 38.7 Å². The van der Waals surface area contributed by atoms with E-state index in [4.69, 9.17) is 4.98 Å². The average molecular weight is 474 g/mol. The highest BCUT2D eigenvalue weighted by atomic mass is 32.1. The molecule has 0 aliphatic rings. The molecule has 0 spiro atoms. The van der Waals surface area contributed by atoms with E-state index in [1.165, 1.54) is 0 Å². The number of benzene rings is 2. The lowest BCUT2D eigenvalue weighted by Crippen LogP contribution is -2.12. The number of rotatable bonds is 5. The Kier molecular flexibility index (Phi) is 5.37. The Morgan fingerprint density at radius 2 is 1.69 bits per heavy atom. The third-order valence-electron chi connectivity index (χ3n) is 5.62. The van der Waals surface area contributed by atoms with Gasteiger partial charge in [-0.2, -0.15) is 0 Å². The van der Waals surface area contributed by atoms with Gasteiger partial charge in [0.25, 0.3) is 5.91 Å². The number of anilines is 1. The largest absolute Gasteiger partial charge is 0.322 e. The van der Waals surface area contributed by atoms with Crippen LogP contribution in [0.4, 0.5) is 5.69 Å². The number of thiazole rings is 1. The fourth-order valence-electron chi connectivity index (χ4n) is 3.86. The molecule has 6 rings (SSSR count). The lowest BCUT2D eigenvalue weighted by molar-refractivity contribution is 0.102. The van der Waals surface area contributed by atoms with Crippen molar-refractivity contribution in [3.05, 3.63) is 115 Å². The smallest absolute Gasteiger partial charge is 0.255 e. The van der Waals surface area contributed by atoms with E-state index in [9.17, 15) is 4.79 Å². The van der Waals surface area contributed by atoms with Gasteiger partial charge in [0, 0.05) is 58.1 Å². The summed E-state index contributed by atoms with van der Waals surface area (Å²) in [6.07, 6.45) is 7.37. The Labute approximate surface area is 205 Å². The van der Waals surface area contributed by atoms with Gasteiger partial charge in [0.15, 0.2) is 0 Å². The van der Waals surface area contributed by atoms with Gasteiger partial charge in [-0.15, -0.1) is 11.3 Å². The van der Waals surface area contributed by atoms with Gasteiger partial charge in [-0.25, -0.2) is 9.97 Å². The minimum Gasteiger partial charge on any atom is -0.322 e. The molecule has 0 aliphatic heterocycles. The van der Waals surface area contributed by atoms with Crippen LogP contribution in [0.5, 0.6) is 0 Å². The quantitative estimate of drug-likeness (QED) is 0.313. The van der Waals surface area contributed by atoms with Crippen molar-refractivity contribution in [2.45, 2.75) is 0 Å². The highest BCUT2D eigenvalue weighted by molar-refractivity contribution is 7.13. The molecule has 1 amide bonds. The molecule has 0 atom stereocenters. The molecule has 0 saturated carbocycles. The van der Waals surface area contributed by atoms with Gasteiger partial charge < -0.3 is 9.72 Å². The van der Waals surface area contributed by atoms with Crippen LogP contribution in [0, 0.1) is 0 Å². The number of carbonyl (C=O) groups excluding carboxylic acids is 1. The Hall–Kier alpha value is -4.62. The van der Waals surface area contributed by atoms with Crippen LogP contribution in [-0.4, -0.2) is 25.3 Å². The van der Waals surface area contributed by atoms with E-state index in [0.29, 0.717) is 11.3 Å². The first-order chi connectivity index (χ1) is 17.2. The molecular weight excluding hydrogens is 454 g/mol. The molecule has 0 unspecified atom stereocenters. The Morgan fingerprint density at radius 3 is 2.54 bits per heavy atom. The second-order valence-corrected chi connectivity index (χ2v) is 8.85. The van der Waals surface area contributed by atoms with Crippen LogP contribution in [0.2, 0.25) is 0 Å². The maximum Gasteiger partial charge on any atom is 0.255 e. The third kappa shape index (κ3) is 4.32. The zero-order valence-electron chi connectivity index (χ0n) is 18.5. The van der Waals surface area contributed by atoms with E-state index in [2.05, 4.69) is 15.3 Å². The van der Waals surface area contributed by atoms with Gasteiger partial charge in [0.1, 0.15) is 10.7 Å². The standard InChI is InChI=1S/C28H19N5OS/c34-27(21-11-13-33-17-24(31-26(33)15-21)19-6-2-1-3-7-19)30-23-10-4-8-20(14-23)25-18-35-28(32-25)22-9-5-12-29-16-22/h1-18H,(H,30,34). The van der Waals surface area contributed by atoms with E-state index in [1.54, 1.807) is 35.9 Å². The lowest BCUT2D eigenvalue weighted by Gasteiger charge is -2.07. The van der Waals surface area contributed by atoms with Gasteiger partial charge in [-0.05, 0) is 36.4 Å². The van der Waals surface area contributed by atoms with Gasteiger partial charge in [-0.3, -0.25) is 9.78 Å². The van der Waals surface area contributed by atoms with Crippen molar-refractivity contribution in [1.29, 1.82) is 0 Å². The van der Waals surface area contributed by atoms with Crippen LogP contribution >= 0.6 is 11.3 Å². The normalized spacial score (nSPS) is 11.0. The molecule has 0 saturated heterocycles. The topological polar surface area (TPSA) is 72.2 Å². The predicted octanol–water partition coefficient (Wildman–Crippen LogP) is 6.44. The van der Waals surface area contributed by atoms with Crippen molar-refractivity contribution in [2.75, 3.05) is 5.32 Å². The number of carbonyl (C=O) groups is 1. The van der Waals surface area contributed by atoms with Gasteiger partial charge in [0.05, 0.1) is 11.4 Å². The molecule has 0 aliphatic carbocycles. The number of aromatic nitrogens is 4. The van der Waals surface area contributed by atoms with E-state index in [1.807, 2.05) is 88.9 Å². The van der Waals surface area contributed by atoms with Crippen LogP contribution in [0.3, 0.4) is 0 Å². The SMILES string of the molecule is O=C(Nc1cccc(-c2csc(-c3cccnc3)n2)c1)c1ccn2cc(-c3ccccc3)nc2c1. The van der Waals surface area contributed by atoms with Crippen molar-refractivity contribution in [3.63, 3.8) is 0 Å².